The first-order valence-electron chi connectivity index (χ1n) is 13.0. The standard InChI is InChI=1S/C29H38N2O4/c1-3-30-18-16-25(17-19-30)31(24-12-13-24)29(32)15-11-23-10-14-27(28(22-23)33-4-2)35-21-20-34-26-8-6-5-7-9-26/h5-11,14-15,22,24-25H,3-4,12-13,16-21H2,1-2H3/b15-11+. The highest BCUT2D eigenvalue weighted by Crippen LogP contribution is 2.33. The van der Waals surface area contributed by atoms with Gasteiger partial charge in [-0.25, -0.2) is 0 Å². The lowest BCUT2D eigenvalue weighted by molar-refractivity contribution is -0.129. The molecule has 4 rings (SSSR count). The highest BCUT2D eigenvalue weighted by Gasteiger charge is 2.37. The van der Waals surface area contributed by atoms with Gasteiger partial charge in [0.25, 0.3) is 0 Å². The number of amides is 1. The quantitative estimate of drug-likeness (QED) is 0.316. The minimum atomic E-state index is 0.124. The zero-order valence-corrected chi connectivity index (χ0v) is 21.0. The van der Waals surface area contributed by atoms with Crippen molar-refractivity contribution in [2.75, 3.05) is 39.5 Å². The number of carbonyl (C=O) groups excluding carboxylic acids is 1. The van der Waals surface area contributed by atoms with Crippen LogP contribution >= 0.6 is 0 Å². The Bertz CT molecular complexity index is 966. The molecule has 6 heteroatoms. The van der Waals surface area contributed by atoms with Crippen LogP contribution in [0.25, 0.3) is 6.08 Å². The molecule has 2 fully saturated rings. The zero-order chi connectivity index (χ0) is 24.5. The molecule has 0 aromatic heterocycles. The zero-order valence-electron chi connectivity index (χ0n) is 21.0. The van der Waals surface area contributed by atoms with Gasteiger partial charge in [-0.2, -0.15) is 0 Å². The van der Waals surface area contributed by atoms with Gasteiger partial charge < -0.3 is 24.0 Å². The van der Waals surface area contributed by atoms with Gasteiger partial charge in [0, 0.05) is 31.2 Å². The molecule has 0 spiro atoms. The van der Waals surface area contributed by atoms with E-state index in [1.807, 2.05) is 61.5 Å². The number of para-hydroxylation sites is 1. The smallest absolute Gasteiger partial charge is 0.247 e. The summed E-state index contributed by atoms with van der Waals surface area (Å²) in [5.41, 5.74) is 0.922. The molecule has 1 amide bonds. The topological polar surface area (TPSA) is 51.2 Å². The molecule has 188 valence electrons. The predicted molar refractivity (Wildman–Crippen MR) is 139 cm³/mol. The number of rotatable bonds is 12. The molecule has 2 aromatic rings. The van der Waals surface area contributed by atoms with Crippen molar-refractivity contribution in [3.8, 4) is 17.2 Å². The second-order valence-corrected chi connectivity index (χ2v) is 9.12. The largest absolute Gasteiger partial charge is 0.490 e. The average molecular weight is 479 g/mol. The Balaban J connectivity index is 1.34. The minimum Gasteiger partial charge on any atom is -0.490 e. The van der Waals surface area contributed by atoms with E-state index in [9.17, 15) is 4.79 Å². The van der Waals surface area contributed by atoms with E-state index in [0.29, 0.717) is 43.4 Å². The summed E-state index contributed by atoms with van der Waals surface area (Å²) in [5, 5.41) is 0. The van der Waals surface area contributed by atoms with Gasteiger partial charge in [-0.05, 0) is 75.1 Å². The monoisotopic (exact) mass is 478 g/mol. The summed E-state index contributed by atoms with van der Waals surface area (Å²) in [5.74, 6) is 2.29. The fourth-order valence-electron chi connectivity index (χ4n) is 4.62. The number of benzene rings is 2. The molecular formula is C29H38N2O4. The van der Waals surface area contributed by atoms with E-state index < -0.39 is 0 Å². The predicted octanol–water partition coefficient (Wildman–Crippen LogP) is 5.03. The minimum absolute atomic E-state index is 0.124. The number of likely N-dealkylation sites (tertiary alicyclic amines) is 1. The van der Waals surface area contributed by atoms with Crippen LogP contribution < -0.4 is 14.2 Å². The molecule has 2 aliphatic rings. The third-order valence-corrected chi connectivity index (χ3v) is 6.63. The van der Waals surface area contributed by atoms with E-state index in [1.165, 1.54) is 0 Å². The average Bonchev–Trinajstić information content (AvgIpc) is 3.73. The highest BCUT2D eigenvalue weighted by atomic mass is 16.5. The molecule has 1 saturated heterocycles. The number of hydrogen-bond acceptors (Lipinski definition) is 5. The van der Waals surface area contributed by atoms with Crippen molar-refractivity contribution in [1.82, 2.24) is 9.80 Å². The molecule has 1 aliphatic heterocycles. The summed E-state index contributed by atoms with van der Waals surface area (Å²) < 4.78 is 17.4. The van der Waals surface area contributed by atoms with Gasteiger partial charge in [0.2, 0.25) is 5.91 Å². The Kier molecular flexibility index (Phi) is 9.07. The summed E-state index contributed by atoms with van der Waals surface area (Å²) in [6.45, 7) is 8.80. The van der Waals surface area contributed by atoms with Gasteiger partial charge >= 0.3 is 0 Å². The highest BCUT2D eigenvalue weighted by molar-refractivity contribution is 5.92. The first-order chi connectivity index (χ1) is 17.2. The summed E-state index contributed by atoms with van der Waals surface area (Å²) in [4.78, 5) is 17.8. The third kappa shape index (κ3) is 7.25. The van der Waals surface area contributed by atoms with E-state index in [2.05, 4.69) is 16.7 Å². The molecule has 35 heavy (non-hydrogen) atoms. The first-order valence-corrected chi connectivity index (χ1v) is 13.0. The van der Waals surface area contributed by atoms with Crippen molar-refractivity contribution in [3.63, 3.8) is 0 Å². The lowest BCUT2D eigenvalue weighted by atomic mass is 10.0. The SMILES string of the molecule is CCOc1cc(/C=C/C(=O)N(C2CC2)C2CCN(CC)CC2)ccc1OCCOc1ccccc1. The molecule has 1 heterocycles. The summed E-state index contributed by atoms with van der Waals surface area (Å²) in [6.07, 6.45) is 8.01. The van der Waals surface area contributed by atoms with Gasteiger partial charge in [0.1, 0.15) is 19.0 Å². The lowest BCUT2D eigenvalue weighted by Gasteiger charge is -2.38. The second-order valence-electron chi connectivity index (χ2n) is 9.12. The maximum absolute atomic E-state index is 13.2. The van der Waals surface area contributed by atoms with E-state index in [4.69, 9.17) is 14.2 Å². The molecule has 0 bridgehead atoms. The Morgan fingerprint density at radius 3 is 2.31 bits per heavy atom. The number of ether oxygens (including phenoxy) is 3. The van der Waals surface area contributed by atoms with Crippen molar-refractivity contribution in [2.45, 2.75) is 51.6 Å². The van der Waals surface area contributed by atoms with E-state index in [-0.39, 0.29) is 5.91 Å². The van der Waals surface area contributed by atoms with Crippen LogP contribution in [0, 0.1) is 0 Å². The molecule has 0 radical (unpaired) electrons. The molecule has 1 saturated carbocycles. The van der Waals surface area contributed by atoms with E-state index in [0.717, 1.165) is 56.6 Å². The first kappa shape index (κ1) is 25.1. The van der Waals surface area contributed by atoms with E-state index in [1.54, 1.807) is 6.08 Å². The Hall–Kier alpha value is -2.99. The van der Waals surface area contributed by atoms with Crippen molar-refractivity contribution in [3.05, 3.63) is 60.2 Å². The van der Waals surface area contributed by atoms with Crippen LogP contribution in [0.1, 0.15) is 45.1 Å². The molecule has 1 aliphatic carbocycles. The molecule has 2 aromatic carbocycles. The maximum atomic E-state index is 13.2. The van der Waals surface area contributed by atoms with E-state index >= 15 is 0 Å². The molecular weight excluding hydrogens is 440 g/mol. The van der Waals surface area contributed by atoms with Crippen LogP contribution in [0.3, 0.4) is 0 Å². The lowest BCUT2D eigenvalue weighted by Crippen LogP contribution is -2.47. The van der Waals surface area contributed by atoms with Crippen molar-refractivity contribution in [2.24, 2.45) is 0 Å². The summed E-state index contributed by atoms with van der Waals surface area (Å²) in [6, 6.07) is 16.3. The Morgan fingerprint density at radius 1 is 0.914 bits per heavy atom. The van der Waals surface area contributed by atoms with Gasteiger partial charge in [-0.3, -0.25) is 4.79 Å². The number of nitrogens with zero attached hydrogens (tertiary/aromatic N) is 2. The van der Waals surface area contributed by atoms with Gasteiger partial charge in [-0.1, -0.05) is 31.2 Å². The van der Waals surface area contributed by atoms with Crippen LogP contribution in [0.5, 0.6) is 17.2 Å². The van der Waals surface area contributed by atoms with Crippen molar-refractivity contribution < 1.29 is 19.0 Å². The Morgan fingerprint density at radius 2 is 1.63 bits per heavy atom. The van der Waals surface area contributed by atoms with Crippen LogP contribution in [0.2, 0.25) is 0 Å². The van der Waals surface area contributed by atoms with Crippen LogP contribution in [-0.4, -0.2) is 67.2 Å². The summed E-state index contributed by atoms with van der Waals surface area (Å²) in [7, 11) is 0. The fraction of sp³-hybridized carbons (Fsp3) is 0.483. The number of carbonyl (C=O) groups is 1. The van der Waals surface area contributed by atoms with Crippen molar-refractivity contribution in [1.29, 1.82) is 0 Å². The molecule has 0 unspecified atom stereocenters. The van der Waals surface area contributed by atoms with Crippen LogP contribution in [0.15, 0.2) is 54.6 Å². The number of piperidine rings is 1. The van der Waals surface area contributed by atoms with Crippen LogP contribution in [-0.2, 0) is 4.79 Å². The third-order valence-electron chi connectivity index (χ3n) is 6.63. The maximum Gasteiger partial charge on any atom is 0.247 e. The summed E-state index contributed by atoms with van der Waals surface area (Å²) >= 11 is 0. The van der Waals surface area contributed by atoms with Gasteiger partial charge in [0.05, 0.1) is 6.61 Å². The normalized spacial score (nSPS) is 16.9. The fourth-order valence-corrected chi connectivity index (χ4v) is 4.62. The van der Waals surface area contributed by atoms with Gasteiger partial charge in [-0.15, -0.1) is 0 Å². The Labute approximate surface area is 209 Å². The molecule has 0 atom stereocenters. The van der Waals surface area contributed by atoms with Gasteiger partial charge in [0.15, 0.2) is 11.5 Å². The molecule has 6 nitrogen and oxygen atoms in total. The second kappa shape index (κ2) is 12.6. The molecule has 0 N–H and O–H groups in total. The van der Waals surface area contributed by atoms with Crippen molar-refractivity contribution >= 4 is 12.0 Å². The number of hydrogen-bond donors (Lipinski definition) is 0. The van der Waals surface area contributed by atoms with Crippen LogP contribution in [0.4, 0.5) is 0 Å².